The molecule has 0 aliphatic rings. The van der Waals surface area contributed by atoms with Crippen LogP contribution in [0.25, 0.3) is 0 Å². The highest BCUT2D eigenvalue weighted by Crippen LogP contribution is 1.99. The van der Waals surface area contributed by atoms with E-state index in [4.69, 9.17) is 10.2 Å². The van der Waals surface area contributed by atoms with Crippen LogP contribution in [0.4, 0.5) is 0 Å². The summed E-state index contributed by atoms with van der Waals surface area (Å²) in [5, 5.41) is 17.4. The summed E-state index contributed by atoms with van der Waals surface area (Å²) >= 11 is 0. The van der Waals surface area contributed by atoms with Crippen LogP contribution in [0.1, 0.15) is 6.92 Å². The van der Waals surface area contributed by atoms with Gasteiger partial charge in [-0.2, -0.15) is 0 Å². The summed E-state index contributed by atoms with van der Waals surface area (Å²) in [4.78, 5) is 0. The summed E-state index contributed by atoms with van der Waals surface area (Å²) in [5.41, 5.74) is 0.501. The fourth-order valence-electron chi connectivity index (χ4n) is 0.317. The normalized spacial score (nSPS) is 12.6. The molecule has 0 saturated heterocycles. The van der Waals surface area contributed by atoms with Crippen molar-refractivity contribution in [3.63, 3.8) is 0 Å². The lowest BCUT2D eigenvalue weighted by Gasteiger charge is -2.09. The average Bonchev–Trinajstić information content (AvgIpc) is 1.82. The van der Waals surface area contributed by atoms with E-state index < -0.39 is 6.29 Å². The lowest BCUT2D eigenvalue weighted by atomic mass is 10.3. The lowest BCUT2D eigenvalue weighted by Crippen LogP contribution is -2.13. The Morgan fingerprint density at radius 3 is 2.40 bits per heavy atom. The third-order valence-corrected chi connectivity index (χ3v) is 0.829. The highest BCUT2D eigenvalue weighted by molar-refractivity contribution is 4.92. The molecular weight excluding hydrogens is 132 g/mol. The number of aliphatic hydroxyl groups excluding tert-OH is 2. The molecule has 3 heteroatoms. The van der Waals surface area contributed by atoms with Crippen molar-refractivity contribution in [2.45, 2.75) is 13.2 Å². The van der Waals surface area contributed by atoms with Crippen LogP contribution >= 0.6 is 0 Å². The Labute approximate surface area is 60.3 Å². The third-order valence-electron chi connectivity index (χ3n) is 0.829. The largest absolute Gasteiger partial charge is 0.510 e. The van der Waals surface area contributed by atoms with Gasteiger partial charge in [0.05, 0.1) is 0 Å². The summed E-state index contributed by atoms with van der Waals surface area (Å²) in [7, 11) is 0. The van der Waals surface area contributed by atoms with E-state index in [9.17, 15) is 0 Å². The second-order valence-electron chi connectivity index (χ2n) is 2.08. The van der Waals surface area contributed by atoms with Gasteiger partial charge < -0.3 is 14.9 Å². The van der Waals surface area contributed by atoms with E-state index in [1.165, 1.54) is 0 Å². The molecule has 0 fully saturated rings. The quantitative estimate of drug-likeness (QED) is 0.351. The zero-order chi connectivity index (χ0) is 8.15. The number of ether oxygens (including phenoxy) is 1. The molecule has 0 saturated carbocycles. The molecule has 0 radical (unpaired) electrons. The SMILES string of the molecule is C=C(O)CO[C@H](O)C(=C)C. The molecule has 0 aliphatic heterocycles. The molecule has 0 rings (SSSR count). The van der Waals surface area contributed by atoms with Gasteiger partial charge in [0.15, 0.2) is 6.29 Å². The molecule has 2 N–H and O–H groups in total. The molecule has 0 spiro atoms. The van der Waals surface area contributed by atoms with E-state index in [1.54, 1.807) is 6.92 Å². The molecule has 1 atom stereocenters. The van der Waals surface area contributed by atoms with Crippen molar-refractivity contribution < 1.29 is 14.9 Å². The van der Waals surface area contributed by atoms with E-state index in [0.29, 0.717) is 5.57 Å². The zero-order valence-electron chi connectivity index (χ0n) is 6.00. The maximum absolute atomic E-state index is 8.90. The van der Waals surface area contributed by atoms with Gasteiger partial charge in [0.2, 0.25) is 0 Å². The Kier molecular flexibility index (Phi) is 3.76. The molecule has 10 heavy (non-hydrogen) atoms. The maximum Gasteiger partial charge on any atom is 0.177 e. The van der Waals surface area contributed by atoms with Crippen molar-refractivity contribution in [2.24, 2.45) is 0 Å². The number of hydrogen-bond acceptors (Lipinski definition) is 3. The van der Waals surface area contributed by atoms with Gasteiger partial charge in [-0.3, -0.25) is 0 Å². The van der Waals surface area contributed by atoms with Crippen LogP contribution in [0, 0.1) is 0 Å². The summed E-state index contributed by atoms with van der Waals surface area (Å²) in [6.07, 6.45) is -1.01. The van der Waals surface area contributed by atoms with Gasteiger partial charge in [-0.1, -0.05) is 13.2 Å². The minimum Gasteiger partial charge on any atom is -0.510 e. The van der Waals surface area contributed by atoms with Gasteiger partial charge in [-0.25, -0.2) is 0 Å². The van der Waals surface area contributed by atoms with Gasteiger partial charge in [0.1, 0.15) is 12.4 Å². The summed E-state index contributed by atoms with van der Waals surface area (Å²) < 4.78 is 4.67. The van der Waals surface area contributed by atoms with Crippen molar-refractivity contribution in [2.75, 3.05) is 6.61 Å². The minimum absolute atomic E-state index is 0.0615. The molecule has 0 aromatic carbocycles. The second-order valence-corrected chi connectivity index (χ2v) is 2.08. The number of aliphatic hydroxyl groups is 2. The lowest BCUT2D eigenvalue weighted by molar-refractivity contribution is -0.0696. The molecule has 0 heterocycles. The molecule has 0 unspecified atom stereocenters. The molecule has 0 bridgehead atoms. The van der Waals surface area contributed by atoms with Gasteiger partial charge in [0, 0.05) is 0 Å². The van der Waals surface area contributed by atoms with E-state index >= 15 is 0 Å². The molecule has 0 aromatic heterocycles. The first-order chi connectivity index (χ1) is 4.54. The van der Waals surface area contributed by atoms with E-state index in [-0.39, 0.29) is 12.4 Å². The standard InChI is InChI=1S/C7H12O3/c1-5(2)7(9)10-4-6(3)8/h7-9H,1,3-4H2,2H3/t7-/m0/s1. The monoisotopic (exact) mass is 144 g/mol. The molecule has 0 aliphatic carbocycles. The highest BCUT2D eigenvalue weighted by atomic mass is 16.6. The third kappa shape index (κ3) is 4.12. The maximum atomic E-state index is 8.90. The topological polar surface area (TPSA) is 49.7 Å². The fourth-order valence-corrected chi connectivity index (χ4v) is 0.317. The van der Waals surface area contributed by atoms with E-state index in [2.05, 4.69) is 17.9 Å². The highest BCUT2D eigenvalue weighted by Gasteiger charge is 2.03. The summed E-state index contributed by atoms with van der Waals surface area (Å²) in [6.45, 7) is 8.19. The Hall–Kier alpha value is -0.800. The average molecular weight is 144 g/mol. The fraction of sp³-hybridized carbons (Fsp3) is 0.429. The summed E-state index contributed by atoms with van der Waals surface area (Å²) in [5.74, 6) is -0.111. The molecular formula is C7H12O3. The van der Waals surface area contributed by atoms with Crippen LogP contribution in [0.2, 0.25) is 0 Å². The molecule has 58 valence electrons. The second kappa shape index (κ2) is 4.09. The number of hydrogen-bond donors (Lipinski definition) is 2. The van der Waals surface area contributed by atoms with Crippen molar-refractivity contribution in [1.82, 2.24) is 0 Å². The van der Waals surface area contributed by atoms with Crippen LogP contribution in [0.3, 0.4) is 0 Å². The Morgan fingerprint density at radius 1 is 1.60 bits per heavy atom. The molecule has 0 aromatic rings. The van der Waals surface area contributed by atoms with Crippen LogP contribution in [0.5, 0.6) is 0 Å². The van der Waals surface area contributed by atoms with E-state index in [1.807, 2.05) is 0 Å². The summed E-state index contributed by atoms with van der Waals surface area (Å²) in [6, 6.07) is 0. The van der Waals surface area contributed by atoms with Crippen molar-refractivity contribution >= 4 is 0 Å². The van der Waals surface area contributed by atoms with E-state index in [0.717, 1.165) is 0 Å². The Morgan fingerprint density at radius 2 is 2.10 bits per heavy atom. The molecule has 0 amide bonds. The Balaban J connectivity index is 3.49. The molecule has 3 nitrogen and oxygen atoms in total. The van der Waals surface area contributed by atoms with Gasteiger partial charge >= 0.3 is 0 Å². The first kappa shape index (κ1) is 9.20. The van der Waals surface area contributed by atoms with Crippen LogP contribution in [-0.2, 0) is 4.74 Å². The van der Waals surface area contributed by atoms with Crippen molar-refractivity contribution in [3.8, 4) is 0 Å². The number of rotatable bonds is 4. The van der Waals surface area contributed by atoms with Gasteiger partial charge in [-0.05, 0) is 12.5 Å². The van der Waals surface area contributed by atoms with Crippen molar-refractivity contribution in [1.29, 1.82) is 0 Å². The first-order valence-corrected chi connectivity index (χ1v) is 2.86. The van der Waals surface area contributed by atoms with Crippen molar-refractivity contribution in [3.05, 3.63) is 24.5 Å². The first-order valence-electron chi connectivity index (χ1n) is 2.86. The smallest absolute Gasteiger partial charge is 0.177 e. The van der Waals surface area contributed by atoms with Crippen LogP contribution in [-0.4, -0.2) is 23.1 Å². The Bertz CT molecular complexity index is 140. The van der Waals surface area contributed by atoms with Gasteiger partial charge in [0.25, 0.3) is 0 Å². The van der Waals surface area contributed by atoms with Crippen LogP contribution in [0.15, 0.2) is 24.5 Å². The van der Waals surface area contributed by atoms with Crippen LogP contribution < -0.4 is 0 Å². The minimum atomic E-state index is -1.01. The predicted octanol–water partition coefficient (Wildman–Crippen LogP) is 0.969. The van der Waals surface area contributed by atoms with Gasteiger partial charge in [-0.15, -0.1) is 0 Å². The zero-order valence-corrected chi connectivity index (χ0v) is 6.00. The predicted molar refractivity (Wildman–Crippen MR) is 38.5 cm³/mol.